The molecular formula is C17H20ClNO2S. The number of rotatable bonds is 5. The predicted molar refractivity (Wildman–Crippen MR) is 94.3 cm³/mol. The fourth-order valence-corrected chi connectivity index (χ4v) is 2.91. The highest BCUT2D eigenvalue weighted by molar-refractivity contribution is 7.14. The first kappa shape index (κ1) is 18.4. The molecule has 0 amide bonds. The van der Waals surface area contributed by atoms with Crippen LogP contribution in [0.15, 0.2) is 24.8 Å². The standard InChI is InChI=1S/C16H17NO2S.CH3Cl/c1-4-7-12-13(5-2)20-16(17-12)15(19)11-9-6-8-10(3)14(11)18;1-2/h5-6,8-9,18H,2,4,7H2,1,3H3;1H3. The number of para-hydroxylation sites is 1. The molecule has 2 rings (SSSR count). The number of aryl methyl sites for hydroxylation is 2. The van der Waals surface area contributed by atoms with Gasteiger partial charge in [-0.05, 0) is 25.0 Å². The van der Waals surface area contributed by atoms with Crippen molar-refractivity contribution in [2.75, 3.05) is 6.38 Å². The van der Waals surface area contributed by atoms with E-state index in [9.17, 15) is 9.90 Å². The predicted octanol–water partition coefficient (Wildman–Crippen LogP) is 4.84. The summed E-state index contributed by atoms with van der Waals surface area (Å²) in [6, 6.07) is 5.15. The molecule has 1 aromatic heterocycles. The number of phenolic OH excluding ortho intramolecular Hbond substituents is 1. The van der Waals surface area contributed by atoms with Crippen LogP contribution in [0.2, 0.25) is 0 Å². The minimum atomic E-state index is -0.235. The second-order valence-corrected chi connectivity index (χ2v) is 5.61. The van der Waals surface area contributed by atoms with Crippen LogP contribution in [0.1, 0.15) is 44.8 Å². The molecule has 1 aromatic carbocycles. The fourth-order valence-electron chi connectivity index (χ4n) is 1.99. The van der Waals surface area contributed by atoms with Gasteiger partial charge in [-0.15, -0.1) is 22.9 Å². The Labute approximate surface area is 140 Å². The SMILES string of the molecule is C=Cc1sc(C(=O)c2cccc(C)c2O)nc1CCC.CCl. The summed E-state index contributed by atoms with van der Waals surface area (Å²) in [5.41, 5.74) is 1.89. The van der Waals surface area contributed by atoms with E-state index in [1.54, 1.807) is 31.2 Å². The maximum Gasteiger partial charge on any atom is 0.225 e. The van der Waals surface area contributed by atoms with Gasteiger partial charge in [0.2, 0.25) is 5.78 Å². The Hall–Kier alpha value is -1.65. The maximum absolute atomic E-state index is 12.5. The van der Waals surface area contributed by atoms with E-state index in [0.29, 0.717) is 16.1 Å². The van der Waals surface area contributed by atoms with Crippen molar-refractivity contribution in [2.45, 2.75) is 26.7 Å². The van der Waals surface area contributed by atoms with E-state index in [4.69, 9.17) is 0 Å². The highest BCUT2D eigenvalue weighted by atomic mass is 35.5. The number of nitrogens with zero attached hydrogens (tertiary/aromatic N) is 1. The van der Waals surface area contributed by atoms with Crippen LogP contribution in [0.25, 0.3) is 6.08 Å². The number of halogens is 1. The molecule has 0 aliphatic carbocycles. The van der Waals surface area contributed by atoms with Crippen molar-refractivity contribution in [1.29, 1.82) is 0 Å². The first-order valence-electron chi connectivity index (χ1n) is 6.91. The Morgan fingerprint density at radius 1 is 1.45 bits per heavy atom. The molecule has 0 atom stereocenters. The van der Waals surface area contributed by atoms with Crippen LogP contribution in [0.5, 0.6) is 5.75 Å². The lowest BCUT2D eigenvalue weighted by atomic mass is 10.1. The lowest BCUT2D eigenvalue weighted by molar-refractivity contribution is 0.103. The van der Waals surface area contributed by atoms with Gasteiger partial charge in [0.25, 0.3) is 0 Å². The largest absolute Gasteiger partial charge is 0.507 e. The van der Waals surface area contributed by atoms with Crippen LogP contribution in [0, 0.1) is 6.92 Å². The van der Waals surface area contributed by atoms with Crippen LogP contribution in [0.4, 0.5) is 0 Å². The Morgan fingerprint density at radius 2 is 2.14 bits per heavy atom. The molecule has 0 aliphatic rings. The lowest BCUT2D eigenvalue weighted by Gasteiger charge is -2.03. The molecule has 22 heavy (non-hydrogen) atoms. The molecule has 0 bridgehead atoms. The summed E-state index contributed by atoms with van der Waals surface area (Å²) in [6.07, 6.45) is 4.99. The van der Waals surface area contributed by atoms with Crippen LogP contribution < -0.4 is 0 Å². The van der Waals surface area contributed by atoms with Crippen molar-refractivity contribution >= 4 is 34.8 Å². The highest BCUT2D eigenvalue weighted by Crippen LogP contribution is 2.28. The number of aromatic nitrogens is 1. The van der Waals surface area contributed by atoms with E-state index in [1.165, 1.54) is 17.7 Å². The van der Waals surface area contributed by atoms with E-state index in [1.807, 2.05) is 0 Å². The molecule has 1 heterocycles. The Balaban J connectivity index is 0.00000116. The summed E-state index contributed by atoms with van der Waals surface area (Å²) >= 11 is 5.97. The number of hydrogen-bond acceptors (Lipinski definition) is 4. The second-order valence-electron chi connectivity index (χ2n) is 4.58. The van der Waals surface area contributed by atoms with Gasteiger partial charge in [0, 0.05) is 6.38 Å². The van der Waals surface area contributed by atoms with E-state index >= 15 is 0 Å². The average Bonchev–Trinajstić information content (AvgIpc) is 2.95. The number of aromatic hydroxyl groups is 1. The van der Waals surface area contributed by atoms with Gasteiger partial charge < -0.3 is 5.11 Å². The van der Waals surface area contributed by atoms with Crippen molar-refractivity contribution in [3.05, 3.63) is 51.5 Å². The quantitative estimate of drug-likeness (QED) is 0.627. The molecule has 1 N–H and O–H groups in total. The molecule has 0 saturated heterocycles. The summed E-state index contributed by atoms with van der Waals surface area (Å²) in [5, 5.41) is 10.4. The van der Waals surface area contributed by atoms with Gasteiger partial charge in [0.1, 0.15) is 5.75 Å². The first-order valence-corrected chi connectivity index (χ1v) is 8.49. The third-order valence-electron chi connectivity index (χ3n) is 3.08. The van der Waals surface area contributed by atoms with Crippen LogP contribution >= 0.6 is 22.9 Å². The number of ketones is 1. The molecule has 0 radical (unpaired) electrons. The van der Waals surface area contributed by atoms with Gasteiger partial charge in [-0.25, -0.2) is 4.98 Å². The number of benzene rings is 1. The van der Waals surface area contributed by atoms with Crippen molar-refractivity contribution in [1.82, 2.24) is 4.98 Å². The van der Waals surface area contributed by atoms with E-state index in [2.05, 4.69) is 30.1 Å². The van der Waals surface area contributed by atoms with Gasteiger partial charge in [0.15, 0.2) is 5.01 Å². The summed E-state index contributed by atoms with van der Waals surface area (Å²) in [7, 11) is 0. The molecule has 0 fully saturated rings. The third kappa shape index (κ3) is 3.96. The molecule has 0 unspecified atom stereocenters. The van der Waals surface area contributed by atoms with Gasteiger partial charge in [-0.3, -0.25) is 4.79 Å². The highest BCUT2D eigenvalue weighted by Gasteiger charge is 2.19. The minimum absolute atomic E-state index is 0.0323. The van der Waals surface area contributed by atoms with Crippen molar-refractivity contribution in [2.24, 2.45) is 0 Å². The van der Waals surface area contributed by atoms with Crippen molar-refractivity contribution < 1.29 is 9.90 Å². The number of carbonyl (C=O) groups is 1. The average molecular weight is 338 g/mol. The van der Waals surface area contributed by atoms with E-state index in [-0.39, 0.29) is 11.5 Å². The summed E-state index contributed by atoms with van der Waals surface area (Å²) < 4.78 is 0. The number of thiazole rings is 1. The minimum Gasteiger partial charge on any atom is -0.507 e. The number of alkyl halides is 1. The summed E-state index contributed by atoms with van der Waals surface area (Å²) in [6.45, 7) is 7.60. The van der Waals surface area contributed by atoms with Crippen molar-refractivity contribution in [3.8, 4) is 5.75 Å². The topological polar surface area (TPSA) is 50.2 Å². The molecule has 2 aromatic rings. The molecule has 5 heteroatoms. The second kappa shape index (κ2) is 8.71. The van der Waals surface area contributed by atoms with Crippen LogP contribution in [0.3, 0.4) is 0 Å². The zero-order valence-corrected chi connectivity index (χ0v) is 14.6. The first-order chi connectivity index (χ1) is 10.6. The molecule has 118 valence electrons. The Kier molecular flexibility index (Phi) is 7.28. The Bertz CT molecular complexity index is 665. The van der Waals surface area contributed by atoms with E-state index < -0.39 is 0 Å². The summed E-state index contributed by atoms with van der Waals surface area (Å²) in [5.74, 6) is -0.202. The Morgan fingerprint density at radius 3 is 2.73 bits per heavy atom. The smallest absolute Gasteiger partial charge is 0.225 e. The normalized spacial score (nSPS) is 9.82. The number of carbonyl (C=O) groups excluding carboxylic acids is 1. The van der Waals surface area contributed by atoms with Gasteiger partial charge in [-0.1, -0.05) is 38.1 Å². The lowest BCUT2D eigenvalue weighted by Crippen LogP contribution is -2.02. The van der Waals surface area contributed by atoms with Crippen LogP contribution in [-0.4, -0.2) is 22.3 Å². The maximum atomic E-state index is 12.5. The van der Waals surface area contributed by atoms with Crippen molar-refractivity contribution in [3.63, 3.8) is 0 Å². The third-order valence-corrected chi connectivity index (χ3v) is 4.17. The van der Waals surface area contributed by atoms with Gasteiger partial charge >= 0.3 is 0 Å². The molecule has 0 spiro atoms. The fraction of sp³-hybridized carbons (Fsp3) is 0.294. The number of phenols is 1. The molecule has 0 aliphatic heterocycles. The molecule has 0 saturated carbocycles. The van der Waals surface area contributed by atoms with E-state index in [0.717, 1.165) is 23.4 Å². The number of hydrogen-bond donors (Lipinski definition) is 1. The van der Waals surface area contributed by atoms with Gasteiger partial charge in [-0.2, -0.15) is 0 Å². The zero-order valence-electron chi connectivity index (χ0n) is 13.0. The molecule has 3 nitrogen and oxygen atoms in total. The molecular weight excluding hydrogens is 318 g/mol. The monoisotopic (exact) mass is 337 g/mol. The van der Waals surface area contributed by atoms with Gasteiger partial charge in [0.05, 0.1) is 16.1 Å². The summed E-state index contributed by atoms with van der Waals surface area (Å²) in [4.78, 5) is 17.8. The van der Waals surface area contributed by atoms with Crippen LogP contribution in [-0.2, 0) is 6.42 Å². The zero-order chi connectivity index (χ0) is 16.7.